The number of hydrogen-bond acceptors (Lipinski definition) is 9. The largest absolute Gasteiger partial charge is 0.443 e. The zero-order valence-electron chi connectivity index (χ0n) is 28.3. The van der Waals surface area contributed by atoms with Gasteiger partial charge in [-0.15, -0.1) is 11.3 Å². The van der Waals surface area contributed by atoms with Crippen LogP contribution in [0, 0.1) is 17.5 Å². The lowest BCUT2D eigenvalue weighted by molar-refractivity contribution is -0.157. The Labute approximate surface area is 278 Å². The fourth-order valence-electron chi connectivity index (χ4n) is 4.21. The average molecular weight is 701 g/mol. The molecule has 15 heteroatoms. The second kappa shape index (κ2) is 14.1. The predicted octanol–water partition coefficient (Wildman–Crippen LogP) is 7.02. The van der Waals surface area contributed by atoms with E-state index < -0.39 is 68.3 Å². The van der Waals surface area contributed by atoms with Crippen LogP contribution in [0.15, 0.2) is 46.1 Å². The van der Waals surface area contributed by atoms with Gasteiger partial charge in [0, 0.05) is 23.0 Å². The topological polar surface area (TPSA) is 113 Å². The number of carbonyl (C=O) groups excluding carboxylic acids is 1. The van der Waals surface area contributed by atoms with Gasteiger partial charge in [-0.05, 0) is 93.1 Å². The number of thiazole rings is 1. The molecule has 0 saturated carbocycles. The molecule has 1 heterocycles. The number of sulfonamides is 1. The van der Waals surface area contributed by atoms with E-state index in [2.05, 4.69) is 4.98 Å². The van der Waals surface area contributed by atoms with Crippen molar-refractivity contribution < 1.29 is 41.0 Å². The van der Waals surface area contributed by atoms with E-state index in [0.29, 0.717) is 9.87 Å². The summed E-state index contributed by atoms with van der Waals surface area (Å²) in [6.45, 7) is 15.0. The number of nitrogens with zero attached hydrogens (tertiary/aromatic N) is 4. The van der Waals surface area contributed by atoms with Crippen molar-refractivity contribution in [2.75, 3.05) is 16.3 Å². The Morgan fingerprint density at radius 1 is 0.957 bits per heavy atom. The molecule has 0 spiro atoms. The van der Waals surface area contributed by atoms with Crippen LogP contribution in [-0.4, -0.2) is 59.7 Å². The summed E-state index contributed by atoms with van der Waals surface area (Å²) in [6.07, 6.45) is -3.28. The van der Waals surface area contributed by atoms with Crippen molar-refractivity contribution in [1.29, 1.82) is 0 Å². The Morgan fingerprint density at radius 3 is 2.13 bits per heavy atom. The normalized spacial score (nSPS) is 13.5. The van der Waals surface area contributed by atoms with Gasteiger partial charge in [-0.3, -0.25) is 9.80 Å². The SMILES string of the molecule is CN(Cc1cccc(F)c1CN(C(=O)OC(C)(C)C)c1ccc(S(=O)(=O)N(c2cscn2)C(O)OC(C)(C)C)c(F)c1F)C(C)(C)C. The maximum Gasteiger partial charge on any atom is 0.415 e. The van der Waals surface area contributed by atoms with E-state index in [1.165, 1.54) is 23.0 Å². The number of hydrogen-bond donors (Lipinski definition) is 1. The summed E-state index contributed by atoms with van der Waals surface area (Å²) in [4.78, 5) is 18.9. The van der Waals surface area contributed by atoms with Crippen molar-refractivity contribution in [3.63, 3.8) is 0 Å². The highest BCUT2D eigenvalue weighted by atomic mass is 32.2. The van der Waals surface area contributed by atoms with Crippen molar-refractivity contribution in [2.45, 2.75) is 103 Å². The second-order valence-corrected chi connectivity index (χ2v) is 16.4. The Balaban J connectivity index is 2.17. The first kappa shape index (κ1) is 38.2. The summed E-state index contributed by atoms with van der Waals surface area (Å²) < 4.78 is 86.2. The third-order valence-corrected chi connectivity index (χ3v) is 9.19. The third-order valence-electron chi connectivity index (χ3n) is 6.86. The first-order valence-electron chi connectivity index (χ1n) is 14.7. The number of carbonyl (C=O) groups is 1. The minimum absolute atomic E-state index is 0.0307. The van der Waals surface area contributed by atoms with Crippen LogP contribution >= 0.6 is 11.3 Å². The number of ether oxygens (including phenoxy) is 2. The molecule has 47 heavy (non-hydrogen) atoms. The molecule has 0 aliphatic heterocycles. The van der Waals surface area contributed by atoms with Crippen molar-refractivity contribution in [3.05, 3.63) is 69.8 Å². The molecule has 3 aromatic rings. The number of benzene rings is 2. The maximum absolute atomic E-state index is 16.1. The summed E-state index contributed by atoms with van der Waals surface area (Å²) in [5.41, 5.74) is -1.31. The lowest BCUT2D eigenvalue weighted by Gasteiger charge is -2.33. The van der Waals surface area contributed by atoms with Gasteiger partial charge in [0.1, 0.15) is 16.3 Å². The second-order valence-electron chi connectivity index (χ2n) is 13.9. The van der Waals surface area contributed by atoms with Crippen LogP contribution in [-0.2, 0) is 32.6 Å². The number of anilines is 2. The van der Waals surface area contributed by atoms with Crippen LogP contribution in [0.5, 0.6) is 0 Å². The Bertz CT molecular complexity index is 1670. The number of amides is 1. The van der Waals surface area contributed by atoms with Crippen LogP contribution in [0.25, 0.3) is 0 Å². The summed E-state index contributed by atoms with van der Waals surface area (Å²) >= 11 is 1.00. The zero-order valence-corrected chi connectivity index (χ0v) is 29.9. The van der Waals surface area contributed by atoms with Crippen LogP contribution in [0.2, 0.25) is 0 Å². The molecule has 260 valence electrons. The van der Waals surface area contributed by atoms with Gasteiger partial charge in [-0.2, -0.15) is 4.31 Å². The zero-order chi connectivity index (χ0) is 35.7. The van der Waals surface area contributed by atoms with E-state index in [0.717, 1.165) is 28.4 Å². The summed E-state index contributed by atoms with van der Waals surface area (Å²) in [5, 5.41) is 12.1. The number of aliphatic hydroxyl groups excluding tert-OH is 1. The highest BCUT2D eigenvalue weighted by molar-refractivity contribution is 7.92. The number of rotatable bonds is 10. The van der Waals surface area contributed by atoms with E-state index in [1.54, 1.807) is 47.6 Å². The number of aromatic nitrogens is 1. The minimum atomic E-state index is -5.05. The average Bonchev–Trinajstić information content (AvgIpc) is 3.41. The van der Waals surface area contributed by atoms with Gasteiger partial charge in [-0.25, -0.2) is 31.4 Å². The molecule has 2 aromatic carbocycles. The molecule has 1 unspecified atom stereocenters. The van der Waals surface area contributed by atoms with Crippen LogP contribution in [0.1, 0.15) is 73.4 Å². The lowest BCUT2D eigenvalue weighted by atomic mass is 10.0. The summed E-state index contributed by atoms with van der Waals surface area (Å²) in [7, 11) is -3.21. The van der Waals surface area contributed by atoms with Gasteiger partial charge < -0.3 is 14.6 Å². The Hall–Kier alpha value is -3.24. The van der Waals surface area contributed by atoms with Gasteiger partial charge >= 0.3 is 6.09 Å². The van der Waals surface area contributed by atoms with Gasteiger partial charge in [0.25, 0.3) is 16.4 Å². The lowest BCUT2D eigenvalue weighted by Crippen LogP contribution is -2.46. The Morgan fingerprint density at radius 2 is 1.60 bits per heavy atom. The standard InChI is InChI=1S/C32H43F3N4O6S2/c1-30(2,3)37(10)16-20-12-11-13-22(33)21(20)17-38(28(40)44-31(4,5)6)23-14-15-24(27(35)26(23)34)47(42,43)39(25-18-46-19-36-25)29(41)45-32(7,8)9/h11-15,18-19,29,41H,16-17H2,1-10H3. The van der Waals surface area contributed by atoms with E-state index in [1.807, 2.05) is 32.7 Å². The summed E-state index contributed by atoms with van der Waals surface area (Å²) in [6, 6.07) is 5.99. The molecule has 1 amide bonds. The van der Waals surface area contributed by atoms with Gasteiger partial charge in [-0.1, -0.05) is 12.1 Å². The molecule has 1 aromatic heterocycles. The highest BCUT2D eigenvalue weighted by Gasteiger charge is 2.39. The predicted molar refractivity (Wildman–Crippen MR) is 175 cm³/mol. The molecule has 0 aliphatic rings. The molecule has 0 aliphatic carbocycles. The molecule has 3 rings (SSSR count). The monoisotopic (exact) mass is 700 g/mol. The van der Waals surface area contributed by atoms with Gasteiger partial charge in [0.05, 0.1) is 23.3 Å². The van der Waals surface area contributed by atoms with E-state index in [9.17, 15) is 18.3 Å². The fraction of sp³-hybridized carbons (Fsp3) is 0.500. The minimum Gasteiger partial charge on any atom is -0.443 e. The molecule has 1 N–H and O–H groups in total. The number of halogens is 3. The van der Waals surface area contributed by atoms with E-state index >= 15 is 13.2 Å². The van der Waals surface area contributed by atoms with Crippen molar-refractivity contribution in [3.8, 4) is 0 Å². The van der Waals surface area contributed by atoms with Crippen LogP contribution < -0.4 is 9.21 Å². The third kappa shape index (κ3) is 9.44. The molecular formula is C32H43F3N4O6S2. The molecule has 0 saturated heterocycles. The maximum atomic E-state index is 16.1. The van der Waals surface area contributed by atoms with E-state index in [-0.39, 0.29) is 23.5 Å². The molecule has 0 radical (unpaired) electrons. The quantitative estimate of drug-likeness (QED) is 0.225. The van der Waals surface area contributed by atoms with Crippen molar-refractivity contribution >= 4 is 39.0 Å². The highest BCUT2D eigenvalue weighted by Crippen LogP contribution is 2.34. The van der Waals surface area contributed by atoms with Crippen molar-refractivity contribution in [2.24, 2.45) is 0 Å². The van der Waals surface area contributed by atoms with Crippen LogP contribution in [0.3, 0.4) is 0 Å². The molecular weight excluding hydrogens is 658 g/mol. The molecule has 0 fully saturated rings. The Kier molecular flexibility index (Phi) is 11.5. The van der Waals surface area contributed by atoms with E-state index in [4.69, 9.17) is 9.47 Å². The van der Waals surface area contributed by atoms with Crippen LogP contribution in [0.4, 0.5) is 29.5 Å². The fourth-order valence-corrected chi connectivity index (χ4v) is 6.20. The first-order chi connectivity index (χ1) is 21.4. The first-order valence-corrected chi connectivity index (χ1v) is 17.1. The molecule has 10 nitrogen and oxygen atoms in total. The molecule has 1 atom stereocenters. The summed E-state index contributed by atoms with van der Waals surface area (Å²) in [5.74, 6) is -4.55. The van der Waals surface area contributed by atoms with Gasteiger partial charge in [0.15, 0.2) is 17.5 Å². The smallest absolute Gasteiger partial charge is 0.415 e. The number of aliphatic hydroxyl groups is 1. The van der Waals surface area contributed by atoms with Gasteiger partial charge in [0.2, 0.25) is 0 Å². The molecule has 0 bridgehead atoms. The van der Waals surface area contributed by atoms with Crippen molar-refractivity contribution in [1.82, 2.24) is 9.88 Å².